The van der Waals surface area contributed by atoms with Crippen molar-refractivity contribution < 1.29 is 14.3 Å². The van der Waals surface area contributed by atoms with Gasteiger partial charge in [0, 0.05) is 25.5 Å². The van der Waals surface area contributed by atoms with Crippen LogP contribution in [0.25, 0.3) is 0 Å². The van der Waals surface area contributed by atoms with Crippen LogP contribution in [0, 0.1) is 0 Å². The number of hydrogen-bond donors (Lipinski definition) is 2. The molecule has 1 aromatic heterocycles. The number of rotatable bonds is 8. The fraction of sp³-hybridized carbons (Fsp3) is 0.222. The van der Waals surface area contributed by atoms with E-state index in [2.05, 4.69) is 22.2 Å². The van der Waals surface area contributed by atoms with Gasteiger partial charge in [0.2, 0.25) is 0 Å². The average Bonchev–Trinajstić information content (AvgIpc) is 2.64. The molecule has 0 aliphatic heterocycles. The molecular formula is C18H21N3O3. The Kier molecular flexibility index (Phi) is 6.19. The molecule has 2 aromatic rings. The largest absolute Gasteiger partial charge is 0.493 e. The van der Waals surface area contributed by atoms with Crippen LogP contribution in [0.2, 0.25) is 0 Å². The molecule has 0 unspecified atom stereocenters. The number of carbonyl (C=O) groups excluding carboxylic acids is 1. The molecule has 0 saturated carbocycles. The fourth-order valence-electron chi connectivity index (χ4n) is 2.13. The van der Waals surface area contributed by atoms with Crippen LogP contribution in [0.15, 0.2) is 49.3 Å². The van der Waals surface area contributed by atoms with Crippen molar-refractivity contribution in [2.45, 2.75) is 6.54 Å². The summed E-state index contributed by atoms with van der Waals surface area (Å²) >= 11 is 0. The van der Waals surface area contributed by atoms with E-state index >= 15 is 0 Å². The Hall–Kier alpha value is -3.02. The standard InChI is InChI=1S/C18H21N3O3/c1-4-7-20-15-9-14(11-19-12-15)18(22)21-10-13-5-6-16(23-2)17(8-13)24-3/h4-6,8-9,11-12,20H,1,7,10H2,2-3H3,(H,21,22). The van der Waals surface area contributed by atoms with Crippen LogP contribution in [0.4, 0.5) is 5.69 Å². The van der Waals surface area contributed by atoms with Crippen molar-refractivity contribution in [2.75, 3.05) is 26.1 Å². The molecule has 2 rings (SSSR count). The Bertz CT molecular complexity index is 716. The highest BCUT2D eigenvalue weighted by atomic mass is 16.5. The quantitative estimate of drug-likeness (QED) is 0.729. The number of ether oxygens (including phenoxy) is 2. The normalized spacial score (nSPS) is 9.92. The highest BCUT2D eigenvalue weighted by Crippen LogP contribution is 2.27. The van der Waals surface area contributed by atoms with Crippen molar-refractivity contribution in [1.82, 2.24) is 10.3 Å². The molecule has 0 radical (unpaired) electrons. The zero-order valence-electron chi connectivity index (χ0n) is 13.8. The number of anilines is 1. The molecule has 6 nitrogen and oxygen atoms in total. The number of methoxy groups -OCH3 is 2. The molecule has 2 N–H and O–H groups in total. The van der Waals surface area contributed by atoms with Crippen molar-refractivity contribution in [3.8, 4) is 11.5 Å². The second kappa shape index (κ2) is 8.57. The Morgan fingerprint density at radius 2 is 2.00 bits per heavy atom. The van der Waals surface area contributed by atoms with Crippen LogP contribution in [0.1, 0.15) is 15.9 Å². The van der Waals surface area contributed by atoms with E-state index in [1.807, 2.05) is 18.2 Å². The lowest BCUT2D eigenvalue weighted by Gasteiger charge is -2.11. The first-order valence-corrected chi connectivity index (χ1v) is 7.47. The van der Waals surface area contributed by atoms with Gasteiger partial charge in [-0.25, -0.2) is 0 Å². The van der Waals surface area contributed by atoms with Gasteiger partial charge in [0.1, 0.15) is 0 Å². The van der Waals surface area contributed by atoms with E-state index in [0.29, 0.717) is 30.2 Å². The number of benzene rings is 1. The molecule has 126 valence electrons. The van der Waals surface area contributed by atoms with Crippen molar-refractivity contribution >= 4 is 11.6 Å². The monoisotopic (exact) mass is 327 g/mol. The summed E-state index contributed by atoms with van der Waals surface area (Å²) in [6.07, 6.45) is 4.93. The molecule has 0 aliphatic carbocycles. The van der Waals surface area contributed by atoms with Crippen LogP contribution in [0.3, 0.4) is 0 Å². The summed E-state index contributed by atoms with van der Waals surface area (Å²) in [6, 6.07) is 7.27. The molecule has 1 aromatic carbocycles. The molecule has 0 atom stereocenters. The Morgan fingerprint density at radius 1 is 1.21 bits per heavy atom. The van der Waals surface area contributed by atoms with E-state index in [4.69, 9.17) is 9.47 Å². The fourth-order valence-corrected chi connectivity index (χ4v) is 2.13. The summed E-state index contributed by atoms with van der Waals surface area (Å²) in [5, 5.41) is 5.96. The van der Waals surface area contributed by atoms with Crippen LogP contribution >= 0.6 is 0 Å². The predicted octanol–water partition coefficient (Wildman–Crippen LogP) is 2.63. The lowest BCUT2D eigenvalue weighted by molar-refractivity contribution is 0.0950. The summed E-state index contributed by atoms with van der Waals surface area (Å²) in [6.45, 7) is 4.63. The Labute approximate surface area is 141 Å². The first-order valence-electron chi connectivity index (χ1n) is 7.47. The second-order valence-electron chi connectivity index (χ2n) is 5.00. The third-order valence-electron chi connectivity index (χ3n) is 3.35. The van der Waals surface area contributed by atoms with Gasteiger partial charge >= 0.3 is 0 Å². The van der Waals surface area contributed by atoms with E-state index in [0.717, 1.165) is 11.3 Å². The topological polar surface area (TPSA) is 72.5 Å². The Balaban J connectivity index is 2.01. The smallest absolute Gasteiger partial charge is 0.253 e. The molecule has 0 saturated heterocycles. The van der Waals surface area contributed by atoms with Gasteiger partial charge < -0.3 is 20.1 Å². The van der Waals surface area contributed by atoms with Gasteiger partial charge in [-0.1, -0.05) is 12.1 Å². The number of aromatic nitrogens is 1. The number of pyridine rings is 1. The van der Waals surface area contributed by atoms with E-state index in [1.165, 1.54) is 6.20 Å². The maximum Gasteiger partial charge on any atom is 0.253 e. The van der Waals surface area contributed by atoms with Crippen LogP contribution in [-0.2, 0) is 6.54 Å². The summed E-state index contributed by atoms with van der Waals surface area (Å²) in [5.41, 5.74) is 2.17. The summed E-state index contributed by atoms with van der Waals surface area (Å²) < 4.78 is 10.5. The predicted molar refractivity (Wildman–Crippen MR) is 93.6 cm³/mol. The lowest BCUT2D eigenvalue weighted by Crippen LogP contribution is -2.23. The first-order chi connectivity index (χ1) is 11.7. The molecule has 1 amide bonds. The third kappa shape index (κ3) is 4.49. The highest BCUT2D eigenvalue weighted by Gasteiger charge is 2.09. The minimum absolute atomic E-state index is 0.195. The molecule has 0 spiro atoms. The molecule has 0 aliphatic rings. The molecule has 6 heteroatoms. The van der Waals surface area contributed by atoms with Crippen molar-refractivity contribution in [3.63, 3.8) is 0 Å². The molecule has 24 heavy (non-hydrogen) atoms. The van der Waals surface area contributed by atoms with Gasteiger partial charge in [0.15, 0.2) is 11.5 Å². The van der Waals surface area contributed by atoms with Gasteiger partial charge in [0.25, 0.3) is 5.91 Å². The minimum Gasteiger partial charge on any atom is -0.493 e. The summed E-state index contributed by atoms with van der Waals surface area (Å²) in [5.74, 6) is 1.08. The van der Waals surface area contributed by atoms with Crippen molar-refractivity contribution in [2.24, 2.45) is 0 Å². The lowest BCUT2D eigenvalue weighted by atomic mass is 10.2. The Morgan fingerprint density at radius 3 is 2.71 bits per heavy atom. The molecule has 0 bridgehead atoms. The van der Waals surface area contributed by atoms with E-state index in [-0.39, 0.29) is 5.91 Å². The van der Waals surface area contributed by atoms with Gasteiger partial charge in [-0.05, 0) is 23.8 Å². The van der Waals surface area contributed by atoms with Gasteiger partial charge in [0.05, 0.1) is 25.5 Å². The highest BCUT2D eigenvalue weighted by molar-refractivity contribution is 5.94. The van der Waals surface area contributed by atoms with E-state index in [9.17, 15) is 4.79 Å². The maximum absolute atomic E-state index is 12.3. The number of amides is 1. The zero-order valence-corrected chi connectivity index (χ0v) is 13.8. The first kappa shape index (κ1) is 17.3. The van der Waals surface area contributed by atoms with Crippen molar-refractivity contribution in [3.05, 3.63) is 60.4 Å². The number of nitrogens with one attached hydrogen (secondary N) is 2. The second-order valence-corrected chi connectivity index (χ2v) is 5.00. The maximum atomic E-state index is 12.3. The third-order valence-corrected chi connectivity index (χ3v) is 3.35. The van der Waals surface area contributed by atoms with Gasteiger partial charge in [-0.2, -0.15) is 0 Å². The summed E-state index contributed by atoms with van der Waals surface area (Å²) in [4.78, 5) is 16.3. The number of carbonyl (C=O) groups is 1. The van der Waals surface area contributed by atoms with E-state index in [1.54, 1.807) is 32.6 Å². The van der Waals surface area contributed by atoms with Gasteiger partial charge in [-0.15, -0.1) is 6.58 Å². The molecule has 0 fully saturated rings. The van der Waals surface area contributed by atoms with E-state index < -0.39 is 0 Å². The zero-order chi connectivity index (χ0) is 17.4. The summed E-state index contributed by atoms with van der Waals surface area (Å²) in [7, 11) is 3.16. The molecule has 1 heterocycles. The van der Waals surface area contributed by atoms with Crippen LogP contribution in [0.5, 0.6) is 11.5 Å². The minimum atomic E-state index is -0.195. The number of nitrogens with zero attached hydrogens (tertiary/aromatic N) is 1. The van der Waals surface area contributed by atoms with Crippen molar-refractivity contribution in [1.29, 1.82) is 0 Å². The van der Waals surface area contributed by atoms with Crippen LogP contribution in [-0.4, -0.2) is 31.7 Å². The number of hydrogen-bond acceptors (Lipinski definition) is 5. The molecular weight excluding hydrogens is 306 g/mol. The van der Waals surface area contributed by atoms with Gasteiger partial charge in [-0.3, -0.25) is 9.78 Å². The SMILES string of the molecule is C=CCNc1cncc(C(=O)NCc2ccc(OC)c(OC)c2)c1. The average molecular weight is 327 g/mol. The van der Waals surface area contributed by atoms with Crippen LogP contribution < -0.4 is 20.1 Å².